The van der Waals surface area contributed by atoms with Crippen molar-refractivity contribution < 1.29 is 58.2 Å². The summed E-state index contributed by atoms with van der Waals surface area (Å²) in [7, 11) is -1.77. The molecule has 0 fully saturated rings. The van der Waals surface area contributed by atoms with E-state index in [1.54, 1.807) is 0 Å². The van der Waals surface area contributed by atoms with Gasteiger partial charge in [0.15, 0.2) is 0 Å². The topological polar surface area (TPSA) is 18.5 Å². The fourth-order valence-electron chi connectivity index (χ4n) is 3.81. The molecule has 1 aliphatic rings. The maximum absolute atomic E-state index is 6.52. The van der Waals surface area contributed by atoms with Crippen molar-refractivity contribution in [3.63, 3.8) is 0 Å². The number of fused-ring (bicyclic) bond motifs is 2. The van der Waals surface area contributed by atoms with E-state index in [0.29, 0.717) is 6.61 Å². The van der Waals surface area contributed by atoms with Crippen LogP contribution >= 0.6 is 0 Å². The summed E-state index contributed by atoms with van der Waals surface area (Å²) in [6, 6.07) is 21.6. The molecule has 2 nitrogen and oxygen atoms in total. The van der Waals surface area contributed by atoms with Gasteiger partial charge in [-0.1, -0.05) is 30.3 Å². The Labute approximate surface area is 214 Å². The molecule has 3 aromatic carbocycles. The fraction of sp³-hybridized carbons (Fsp3) is 0.280. The van der Waals surface area contributed by atoms with E-state index in [0.717, 1.165) is 11.5 Å². The van der Waals surface area contributed by atoms with Crippen molar-refractivity contribution in [2.24, 2.45) is 0 Å². The molecule has 0 heterocycles. The van der Waals surface area contributed by atoms with Gasteiger partial charge < -0.3 is 34.0 Å². The minimum absolute atomic E-state index is 0. The molecule has 6 heteroatoms. The zero-order chi connectivity index (χ0) is 21.0. The van der Waals surface area contributed by atoms with E-state index in [4.69, 9.17) is 9.16 Å². The largest absolute Gasteiger partial charge is 1.00 e. The molecule has 1 aliphatic carbocycles. The average Bonchev–Trinajstić information content (AvgIpc) is 3.22. The summed E-state index contributed by atoms with van der Waals surface area (Å²) >= 11 is 1.51. The number of ether oxygens (including phenoxy) is 1. The Hall–Kier alpha value is -1.06. The van der Waals surface area contributed by atoms with E-state index in [-0.39, 0.29) is 30.7 Å². The standard InChI is InChI=1S/C23H25O2Si.C2H4.2ClH.Zr/c1-5-24-23-21(19-15-14-16-10-6-7-11-17(16)19)18-12-8-9-13-20(18)22(23)25-26(2,3)4;1-2;;;/h6-15,21H,5H2,1-4H3;1H,2H3;2*1H;/q-1;;;;+2/p-2. The maximum Gasteiger partial charge on any atom is -1.00 e. The molecule has 0 spiro atoms. The van der Waals surface area contributed by atoms with Gasteiger partial charge in [-0.15, -0.1) is 40.6 Å². The first-order valence-electron chi connectivity index (χ1n) is 10.2. The summed E-state index contributed by atoms with van der Waals surface area (Å²) in [6.07, 6.45) is 0. The molecule has 1 atom stereocenters. The Kier molecular flexibility index (Phi) is 11.1. The minimum Gasteiger partial charge on any atom is -1.00 e. The van der Waals surface area contributed by atoms with E-state index >= 15 is 0 Å². The first-order chi connectivity index (χ1) is 13.9. The molecule has 0 bridgehead atoms. The molecule has 31 heavy (non-hydrogen) atoms. The molecule has 0 saturated carbocycles. The van der Waals surface area contributed by atoms with Crippen molar-refractivity contribution in [1.82, 2.24) is 0 Å². The van der Waals surface area contributed by atoms with Crippen molar-refractivity contribution >= 4 is 28.6 Å². The summed E-state index contributed by atoms with van der Waals surface area (Å²) in [5.74, 6) is 2.00. The molecule has 0 saturated heterocycles. The van der Waals surface area contributed by atoms with Crippen molar-refractivity contribution in [3.8, 4) is 0 Å². The summed E-state index contributed by atoms with van der Waals surface area (Å²) in [4.78, 5) is 0. The first kappa shape index (κ1) is 28.0. The third-order valence-corrected chi connectivity index (χ3v) is 5.55. The molecule has 0 radical (unpaired) electrons. The van der Waals surface area contributed by atoms with Gasteiger partial charge in [-0.05, 0) is 32.1 Å². The van der Waals surface area contributed by atoms with Crippen LogP contribution in [0, 0.1) is 0 Å². The number of hydrogen-bond donors (Lipinski definition) is 0. The second-order valence-electron chi connectivity index (χ2n) is 8.03. The SMILES string of the molecule is CCOC1=C(O[Si](C)(C)C)c2ccccc2C1[c-]1ccc2ccccc21.C[CH]=[Zr+2].[Cl-].[Cl-]. The molecule has 0 aromatic heterocycles. The van der Waals surface area contributed by atoms with E-state index in [9.17, 15) is 0 Å². The summed E-state index contributed by atoms with van der Waals surface area (Å²) in [6.45, 7) is 11.4. The van der Waals surface area contributed by atoms with Crippen LogP contribution in [0.4, 0.5) is 0 Å². The third kappa shape index (κ3) is 6.26. The van der Waals surface area contributed by atoms with Crippen LogP contribution in [-0.4, -0.2) is 18.6 Å². The minimum atomic E-state index is -1.77. The van der Waals surface area contributed by atoms with E-state index in [1.165, 1.54) is 51.7 Å². The van der Waals surface area contributed by atoms with E-state index in [2.05, 4.69) is 84.0 Å². The normalized spacial score (nSPS) is 14.6. The summed E-state index contributed by atoms with van der Waals surface area (Å²) in [5.41, 5.74) is 3.75. The number of allylic oxidation sites excluding steroid dienone is 1. The van der Waals surface area contributed by atoms with Crippen molar-refractivity contribution in [1.29, 1.82) is 0 Å². The Morgan fingerprint density at radius 3 is 2.26 bits per heavy atom. The summed E-state index contributed by atoms with van der Waals surface area (Å²) < 4.78 is 14.8. The van der Waals surface area contributed by atoms with Crippen molar-refractivity contribution in [3.05, 3.63) is 83.1 Å². The van der Waals surface area contributed by atoms with Crippen LogP contribution in [0.5, 0.6) is 0 Å². The Morgan fingerprint density at radius 1 is 1.00 bits per heavy atom. The predicted octanol–water partition coefficient (Wildman–Crippen LogP) is 0.624. The zero-order valence-electron chi connectivity index (χ0n) is 18.7. The van der Waals surface area contributed by atoms with Gasteiger partial charge in [0.2, 0.25) is 8.32 Å². The van der Waals surface area contributed by atoms with Gasteiger partial charge in [0.25, 0.3) is 0 Å². The molecule has 0 aliphatic heterocycles. The van der Waals surface area contributed by atoms with Gasteiger partial charge in [-0.25, -0.2) is 0 Å². The van der Waals surface area contributed by atoms with Crippen LogP contribution in [0.25, 0.3) is 16.5 Å². The van der Waals surface area contributed by atoms with Crippen LogP contribution in [0.1, 0.15) is 36.5 Å². The molecule has 0 N–H and O–H groups in total. The van der Waals surface area contributed by atoms with E-state index in [1.807, 2.05) is 13.8 Å². The van der Waals surface area contributed by atoms with Crippen LogP contribution in [0.15, 0.2) is 66.4 Å². The number of halogens is 2. The Balaban J connectivity index is 0.000000910. The third-order valence-electron chi connectivity index (χ3n) is 4.74. The maximum atomic E-state index is 6.52. The molecule has 3 aromatic rings. The number of benzene rings is 2. The van der Waals surface area contributed by atoms with Gasteiger partial charge in [0.05, 0.1) is 6.61 Å². The molecule has 164 valence electrons. The second kappa shape index (κ2) is 12.3. The quantitative estimate of drug-likeness (QED) is 0.342. The fourth-order valence-corrected chi connectivity index (χ4v) is 4.63. The van der Waals surface area contributed by atoms with Gasteiger partial charge >= 0.3 is 34.9 Å². The molecule has 0 amide bonds. The number of hydrogen-bond acceptors (Lipinski definition) is 2. The van der Waals surface area contributed by atoms with Gasteiger partial charge in [-0.3, -0.25) is 0 Å². The predicted molar refractivity (Wildman–Crippen MR) is 123 cm³/mol. The monoisotopic (exact) mass is 549 g/mol. The average molecular weight is 552 g/mol. The molecular formula is C25H29Cl2O2SiZr-. The van der Waals surface area contributed by atoms with Crippen LogP contribution < -0.4 is 24.8 Å². The van der Waals surface area contributed by atoms with Crippen LogP contribution in [0.2, 0.25) is 19.6 Å². The smallest absolute Gasteiger partial charge is 1.00 e. The first-order valence-corrected chi connectivity index (χ1v) is 15.0. The van der Waals surface area contributed by atoms with Gasteiger partial charge in [-0.2, -0.15) is 6.07 Å². The summed E-state index contributed by atoms with van der Waals surface area (Å²) in [5, 5.41) is 2.56. The van der Waals surface area contributed by atoms with Gasteiger partial charge in [0, 0.05) is 11.5 Å². The Bertz CT molecular complexity index is 1040. The van der Waals surface area contributed by atoms with Crippen LogP contribution in [-0.2, 0) is 33.4 Å². The van der Waals surface area contributed by atoms with Gasteiger partial charge in [0.1, 0.15) is 11.5 Å². The van der Waals surface area contributed by atoms with Crippen molar-refractivity contribution in [2.75, 3.05) is 6.61 Å². The van der Waals surface area contributed by atoms with Crippen LogP contribution in [0.3, 0.4) is 0 Å². The van der Waals surface area contributed by atoms with Crippen molar-refractivity contribution in [2.45, 2.75) is 39.4 Å². The molecule has 1 unspecified atom stereocenters. The number of rotatable bonds is 5. The molecule has 4 rings (SSSR count). The molecular weight excluding hydrogens is 522 g/mol. The second-order valence-corrected chi connectivity index (χ2v) is 13.9. The van der Waals surface area contributed by atoms with E-state index < -0.39 is 8.32 Å². The zero-order valence-corrected chi connectivity index (χ0v) is 23.7. The Morgan fingerprint density at radius 2 is 1.61 bits per heavy atom.